The maximum Gasteiger partial charge on any atom is 0.226 e. The molecule has 0 aliphatic carbocycles. The number of rotatable bonds is 6. The number of benzene rings is 1. The maximum absolute atomic E-state index is 12.4. The standard InChI is InChI=1S/C22H23N5O2S/c28-20(8-4-9-21-25-22(26-29-21)18-6-5-13-30-18)23-15-10-11-17-16(14-15)24-19-7-2-1-3-12-27(17)19/h5-6,10-11,13-14H,1-4,7-9,12H2,(H,23,28). The molecule has 3 aromatic heterocycles. The Morgan fingerprint density at radius 2 is 2.17 bits per heavy atom. The predicted octanol–water partition coefficient (Wildman–Crippen LogP) is 4.84. The highest BCUT2D eigenvalue weighted by molar-refractivity contribution is 7.13. The summed E-state index contributed by atoms with van der Waals surface area (Å²) in [5.41, 5.74) is 2.90. The summed E-state index contributed by atoms with van der Waals surface area (Å²) >= 11 is 1.57. The molecule has 5 rings (SSSR count). The van der Waals surface area contributed by atoms with Crippen LogP contribution in [0.3, 0.4) is 0 Å². The fourth-order valence-corrected chi connectivity index (χ4v) is 4.56. The first-order chi connectivity index (χ1) is 14.8. The van der Waals surface area contributed by atoms with Gasteiger partial charge in [-0.1, -0.05) is 17.6 Å². The van der Waals surface area contributed by atoms with Crippen molar-refractivity contribution in [3.63, 3.8) is 0 Å². The Morgan fingerprint density at radius 3 is 3.07 bits per heavy atom. The second-order valence-corrected chi connectivity index (χ2v) is 8.53. The molecule has 1 aliphatic heterocycles. The van der Waals surface area contributed by atoms with Gasteiger partial charge < -0.3 is 14.4 Å². The van der Waals surface area contributed by atoms with E-state index in [1.807, 2.05) is 29.6 Å². The van der Waals surface area contributed by atoms with E-state index in [-0.39, 0.29) is 5.91 Å². The van der Waals surface area contributed by atoms with Crippen LogP contribution in [0, 0.1) is 0 Å². The van der Waals surface area contributed by atoms with Crippen molar-refractivity contribution < 1.29 is 9.32 Å². The lowest BCUT2D eigenvalue weighted by atomic mass is 10.2. The average Bonchev–Trinajstić information content (AvgIpc) is 3.45. The number of aromatic nitrogens is 4. The Balaban J connectivity index is 1.17. The summed E-state index contributed by atoms with van der Waals surface area (Å²) in [7, 11) is 0. The van der Waals surface area contributed by atoms with E-state index in [0.29, 0.717) is 31.0 Å². The van der Waals surface area contributed by atoms with Gasteiger partial charge in [-0.05, 0) is 48.9 Å². The van der Waals surface area contributed by atoms with Gasteiger partial charge in [-0.3, -0.25) is 4.79 Å². The monoisotopic (exact) mass is 421 g/mol. The number of imidazole rings is 1. The summed E-state index contributed by atoms with van der Waals surface area (Å²) < 4.78 is 7.61. The van der Waals surface area contributed by atoms with E-state index in [1.54, 1.807) is 11.3 Å². The summed E-state index contributed by atoms with van der Waals surface area (Å²) in [4.78, 5) is 22.5. The summed E-state index contributed by atoms with van der Waals surface area (Å²) in [5, 5.41) is 8.97. The molecule has 7 nitrogen and oxygen atoms in total. The molecule has 1 aliphatic rings. The summed E-state index contributed by atoms with van der Waals surface area (Å²) in [6.45, 7) is 1.03. The van der Waals surface area contributed by atoms with Crippen LogP contribution < -0.4 is 5.32 Å². The van der Waals surface area contributed by atoms with Crippen molar-refractivity contribution >= 4 is 34.0 Å². The summed E-state index contributed by atoms with van der Waals surface area (Å²) in [5.74, 6) is 2.31. The Bertz CT molecular complexity index is 1160. The van der Waals surface area contributed by atoms with E-state index in [2.05, 4.69) is 26.1 Å². The van der Waals surface area contributed by atoms with Gasteiger partial charge >= 0.3 is 0 Å². The number of carbonyl (C=O) groups excluding carboxylic acids is 1. The number of anilines is 1. The van der Waals surface area contributed by atoms with Gasteiger partial charge in [0.2, 0.25) is 17.6 Å². The van der Waals surface area contributed by atoms with Crippen molar-refractivity contribution in [3.8, 4) is 10.7 Å². The molecule has 0 fully saturated rings. The van der Waals surface area contributed by atoms with Crippen LogP contribution in [0.4, 0.5) is 5.69 Å². The molecule has 1 N–H and O–H groups in total. The van der Waals surface area contributed by atoms with Gasteiger partial charge in [0.25, 0.3) is 0 Å². The van der Waals surface area contributed by atoms with Crippen molar-refractivity contribution in [1.82, 2.24) is 19.7 Å². The summed E-state index contributed by atoms with van der Waals surface area (Å²) in [6, 6.07) is 9.92. The van der Waals surface area contributed by atoms with Gasteiger partial charge in [-0.2, -0.15) is 4.98 Å². The van der Waals surface area contributed by atoms with Crippen LogP contribution in [0.25, 0.3) is 21.7 Å². The van der Waals surface area contributed by atoms with Gasteiger partial charge in [-0.25, -0.2) is 4.98 Å². The number of thiophene rings is 1. The molecular weight excluding hydrogens is 398 g/mol. The third kappa shape index (κ3) is 4.00. The molecule has 0 saturated carbocycles. The van der Waals surface area contributed by atoms with Crippen LogP contribution in [0.2, 0.25) is 0 Å². The molecule has 0 spiro atoms. The molecule has 0 saturated heterocycles. The van der Waals surface area contributed by atoms with Crippen LogP contribution in [0.15, 0.2) is 40.2 Å². The molecule has 0 radical (unpaired) electrons. The zero-order valence-corrected chi connectivity index (χ0v) is 17.5. The number of hydrogen-bond donors (Lipinski definition) is 1. The van der Waals surface area contributed by atoms with Gasteiger partial charge in [0.1, 0.15) is 5.82 Å². The van der Waals surface area contributed by atoms with Crippen molar-refractivity contribution in [3.05, 3.63) is 47.4 Å². The lowest BCUT2D eigenvalue weighted by Crippen LogP contribution is -2.11. The normalized spacial score (nSPS) is 13.9. The zero-order chi connectivity index (χ0) is 20.3. The lowest BCUT2D eigenvalue weighted by molar-refractivity contribution is -0.116. The molecule has 4 heterocycles. The Kier molecular flexibility index (Phi) is 5.31. The molecule has 0 atom stereocenters. The predicted molar refractivity (Wildman–Crippen MR) is 116 cm³/mol. The first-order valence-corrected chi connectivity index (χ1v) is 11.3. The number of aryl methyl sites for hydroxylation is 3. The second kappa shape index (κ2) is 8.39. The molecule has 8 heteroatoms. The molecule has 30 heavy (non-hydrogen) atoms. The second-order valence-electron chi connectivity index (χ2n) is 7.58. The number of carbonyl (C=O) groups is 1. The number of nitrogens with one attached hydrogen (secondary N) is 1. The molecule has 0 bridgehead atoms. The molecule has 0 unspecified atom stereocenters. The van der Waals surface area contributed by atoms with E-state index in [0.717, 1.165) is 40.4 Å². The number of nitrogens with zero attached hydrogens (tertiary/aromatic N) is 4. The highest BCUT2D eigenvalue weighted by Gasteiger charge is 2.14. The van der Waals surface area contributed by atoms with Gasteiger partial charge in [0.05, 0.1) is 15.9 Å². The van der Waals surface area contributed by atoms with Gasteiger partial charge in [-0.15, -0.1) is 11.3 Å². The van der Waals surface area contributed by atoms with Crippen LogP contribution in [0.5, 0.6) is 0 Å². The Labute approximate surface area is 178 Å². The minimum atomic E-state index is -0.0203. The van der Waals surface area contributed by atoms with Gasteiger partial charge in [0.15, 0.2) is 0 Å². The number of hydrogen-bond acceptors (Lipinski definition) is 6. The van der Waals surface area contributed by atoms with Crippen molar-refractivity contribution in [2.24, 2.45) is 0 Å². The average molecular weight is 422 g/mol. The van der Waals surface area contributed by atoms with Crippen LogP contribution in [-0.2, 0) is 24.2 Å². The minimum Gasteiger partial charge on any atom is -0.339 e. The zero-order valence-electron chi connectivity index (χ0n) is 16.6. The number of amides is 1. The van der Waals surface area contributed by atoms with E-state index < -0.39 is 0 Å². The highest BCUT2D eigenvalue weighted by Crippen LogP contribution is 2.25. The Hall–Kier alpha value is -3.00. The fraction of sp³-hybridized carbons (Fsp3) is 0.364. The minimum absolute atomic E-state index is 0.0203. The first kappa shape index (κ1) is 19.0. The fourth-order valence-electron chi connectivity index (χ4n) is 3.91. The molecule has 154 valence electrons. The lowest BCUT2D eigenvalue weighted by Gasteiger charge is -2.06. The van der Waals surface area contributed by atoms with Crippen molar-refractivity contribution in [2.45, 2.75) is 51.5 Å². The Morgan fingerprint density at radius 1 is 1.20 bits per heavy atom. The molecule has 4 aromatic rings. The first-order valence-electron chi connectivity index (χ1n) is 10.4. The van der Waals surface area contributed by atoms with Crippen molar-refractivity contribution in [2.75, 3.05) is 5.32 Å². The third-order valence-corrected chi connectivity index (χ3v) is 6.26. The van der Waals surface area contributed by atoms with Gasteiger partial charge in [0, 0.05) is 31.5 Å². The SMILES string of the molecule is O=C(CCCc1nc(-c2cccs2)no1)Nc1ccc2c(c1)nc1n2CCCCC1. The third-order valence-electron chi connectivity index (χ3n) is 5.40. The van der Waals surface area contributed by atoms with Crippen LogP contribution >= 0.6 is 11.3 Å². The van der Waals surface area contributed by atoms with Crippen LogP contribution in [0.1, 0.15) is 43.8 Å². The topological polar surface area (TPSA) is 85.8 Å². The number of fused-ring (bicyclic) bond motifs is 3. The van der Waals surface area contributed by atoms with E-state index in [1.165, 1.54) is 19.3 Å². The largest absolute Gasteiger partial charge is 0.339 e. The van der Waals surface area contributed by atoms with E-state index in [9.17, 15) is 4.79 Å². The smallest absolute Gasteiger partial charge is 0.226 e. The van der Waals surface area contributed by atoms with Crippen molar-refractivity contribution in [1.29, 1.82) is 0 Å². The summed E-state index contributed by atoms with van der Waals surface area (Å²) in [6.07, 6.45) is 6.32. The highest BCUT2D eigenvalue weighted by atomic mass is 32.1. The van der Waals surface area contributed by atoms with E-state index in [4.69, 9.17) is 9.51 Å². The quantitative estimate of drug-likeness (QED) is 0.482. The maximum atomic E-state index is 12.4. The molecular formula is C22H23N5O2S. The molecule has 1 aromatic carbocycles. The van der Waals surface area contributed by atoms with E-state index >= 15 is 0 Å². The molecule has 1 amide bonds. The van der Waals surface area contributed by atoms with Crippen LogP contribution in [-0.4, -0.2) is 25.6 Å².